The van der Waals surface area contributed by atoms with E-state index in [4.69, 9.17) is 10.5 Å². The summed E-state index contributed by atoms with van der Waals surface area (Å²) in [5, 5.41) is 17.3. The molecule has 0 saturated carbocycles. The first-order valence-corrected chi connectivity index (χ1v) is 10.5. The van der Waals surface area contributed by atoms with Crippen molar-refractivity contribution in [3.63, 3.8) is 0 Å². The molecule has 0 bridgehead atoms. The van der Waals surface area contributed by atoms with Gasteiger partial charge >= 0.3 is 0 Å². The molecule has 5 heteroatoms. The molecule has 154 valence electrons. The number of unbranched alkanes of at least 4 members (excludes halogenated alkanes) is 14. The van der Waals surface area contributed by atoms with Gasteiger partial charge in [-0.25, -0.2) is 10.5 Å². The molecule has 0 fully saturated rings. The second-order valence-corrected chi connectivity index (χ2v) is 7.07. The molecule has 0 aliphatic rings. The van der Waals surface area contributed by atoms with Gasteiger partial charge in [-0.3, -0.25) is 4.90 Å². The molecule has 0 unspecified atom stereocenters. The van der Waals surface area contributed by atoms with Crippen LogP contribution in [0.5, 0.6) is 0 Å². The predicted molar refractivity (Wildman–Crippen MR) is 107 cm³/mol. The van der Waals surface area contributed by atoms with Crippen LogP contribution < -0.4 is 0 Å². The Hall–Kier alpha value is -1.20. The van der Waals surface area contributed by atoms with Gasteiger partial charge in [0.1, 0.15) is 0 Å². The topological polar surface area (TPSA) is 62.2 Å². The molecular formula is C21H41NO4. The van der Waals surface area contributed by atoms with E-state index >= 15 is 0 Å². The summed E-state index contributed by atoms with van der Waals surface area (Å²) in [5.74, 6) is -0.0103. The third kappa shape index (κ3) is 14.0. The summed E-state index contributed by atoms with van der Waals surface area (Å²) in [6.45, 7) is 9.87. The first-order valence-electron chi connectivity index (χ1n) is 10.5. The molecule has 0 amide bonds. The maximum absolute atomic E-state index is 8.66. The lowest BCUT2D eigenvalue weighted by Gasteiger charge is -2.22. The van der Waals surface area contributed by atoms with E-state index in [1.54, 1.807) is 0 Å². The second kappa shape index (κ2) is 18.6. The highest BCUT2D eigenvalue weighted by molar-refractivity contribution is 4.95. The van der Waals surface area contributed by atoms with Crippen LogP contribution in [0.15, 0.2) is 24.9 Å². The van der Waals surface area contributed by atoms with Gasteiger partial charge in [0.05, 0.1) is 0 Å². The maximum Gasteiger partial charge on any atom is 0.232 e. The molecule has 0 aromatic heterocycles. The highest BCUT2D eigenvalue weighted by atomic mass is 17.1. The van der Waals surface area contributed by atoms with Crippen LogP contribution in [-0.2, 0) is 9.78 Å². The fourth-order valence-electron chi connectivity index (χ4n) is 3.13. The Bertz CT molecular complexity index is 331. The monoisotopic (exact) mass is 371 g/mol. The Morgan fingerprint density at radius 1 is 0.615 bits per heavy atom. The zero-order chi connectivity index (χ0) is 19.5. The Morgan fingerprint density at radius 3 is 1.23 bits per heavy atom. The van der Waals surface area contributed by atoms with Crippen molar-refractivity contribution in [2.45, 2.75) is 103 Å². The minimum Gasteiger partial charge on any atom is -0.322 e. The Morgan fingerprint density at radius 2 is 0.923 bits per heavy atom. The SMILES string of the molecule is C=C(OO)N(CCCCCCCCCCCCCCCCC)C(=C)OO. The predicted octanol–water partition coefficient (Wildman–Crippen LogP) is 7.08. The second-order valence-electron chi connectivity index (χ2n) is 7.07. The summed E-state index contributed by atoms with van der Waals surface area (Å²) in [5.41, 5.74) is 0. The standard InChI is InChI=1S/C21H41NO4/c1-4-5-6-7-8-9-10-11-12-13-14-15-16-17-18-19-22(20(2)25-23)21(3)26-24/h23-24H,2-19H2,1H3. The number of nitrogens with zero attached hydrogens (tertiary/aromatic N) is 1. The Kier molecular flexibility index (Phi) is 17.7. The molecule has 0 aliphatic carbocycles. The van der Waals surface area contributed by atoms with Crippen LogP contribution in [0.3, 0.4) is 0 Å². The van der Waals surface area contributed by atoms with Gasteiger partial charge < -0.3 is 9.78 Å². The highest BCUT2D eigenvalue weighted by Gasteiger charge is 2.14. The minimum atomic E-state index is -0.00517. The third-order valence-corrected chi connectivity index (χ3v) is 4.80. The van der Waals surface area contributed by atoms with E-state index in [1.807, 2.05) is 0 Å². The molecule has 0 radical (unpaired) electrons. The van der Waals surface area contributed by atoms with Crippen molar-refractivity contribution >= 4 is 0 Å². The lowest BCUT2D eigenvalue weighted by molar-refractivity contribution is -0.251. The van der Waals surface area contributed by atoms with Gasteiger partial charge in [0, 0.05) is 6.54 Å². The molecule has 0 saturated heterocycles. The van der Waals surface area contributed by atoms with Crippen LogP contribution in [0.25, 0.3) is 0 Å². The average Bonchev–Trinajstić information content (AvgIpc) is 2.66. The van der Waals surface area contributed by atoms with E-state index in [-0.39, 0.29) is 11.8 Å². The molecule has 5 nitrogen and oxygen atoms in total. The van der Waals surface area contributed by atoms with Gasteiger partial charge in [-0.05, 0) is 19.6 Å². The normalized spacial score (nSPS) is 10.6. The zero-order valence-corrected chi connectivity index (χ0v) is 16.9. The molecule has 0 aliphatic heterocycles. The van der Waals surface area contributed by atoms with Crippen molar-refractivity contribution in [2.24, 2.45) is 0 Å². The van der Waals surface area contributed by atoms with Gasteiger partial charge in [-0.15, -0.1) is 0 Å². The van der Waals surface area contributed by atoms with E-state index < -0.39 is 0 Å². The van der Waals surface area contributed by atoms with E-state index in [1.165, 1.54) is 88.4 Å². The summed E-state index contributed by atoms with van der Waals surface area (Å²) < 4.78 is 0. The van der Waals surface area contributed by atoms with Gasteiger partial charge in [-0.1, -0.05) is 96.8 Å². The van der Waals surface area contributed by atoms with Gasteiger partial charge in [0.2, 0.25) is 11.8 Å². The van der Waals surface area contributed by atoms with Gasteiger partial charge in [0.25, 0.3) is 0 Å². The zero-order valence-electron chi connectivity index (χ0n) is 16.9. The largest absolute Gasteiger partial charge is 0.322 e. The fourth-order valence-corrected chi connectivity index (χ4v) is 3.13. The summed E-state index contributed by atoms with van der Waals surface area (Å²) in [7, 11) is 0. The van der Waals surface area contributed by atoms with Gasteiger partial charge in [-0.2, -0.15) is 0 Å². The third-order valence-electron chi connectivity index (χ3n) is 4.80. The Balaban J connectivity index is 3.40. The molecule has 0 aromatic carbocycles. The van der Waals surface area contributed by atoms with Crippen molar-refractivity contribution in [3.8, 4) is 0 Å². The quantitative estimate of drug-likeness (QED) is 0.104. The van der Waals surface area contributed by atoms with Crippen molar-refractivity contribution in [3.05, 3.63) is 24.9 Å². The van der Waals surface area contributed by atoms with Crippen molar-refractivity contribution in [1.82, 2.24) is 4.90 Å². The fraction of sp³-hybridized carbons (Fsp3) is 0.810. The summed E-state index contributed by atoms with van der Waals surface area (Å²) in [6, 6.07) is 0. The molecule has 26 heavy (non-hydrogen) atoms. The van der Waals surface area contributed by atoms with E-state index in [0.29, 0.717) is 6.54 Å². The highest BCUT2D eigenvalue weighted by Crippen LogP contribution is 2.15. The van der Waals surface area contributed by atoms with Crippen molar-refractivity contribution < 1.29 is 20.3 Å². The first kappa shape index (κ1) is 24.8. The molecule has 0 heterocycles. The summed E-state index contributed by atoms with van der Waals surface area (Å²) in [6.07, 6.45) is 19.6. The van der Waals surface area contributed by atoms with E-state index in [9.17, 15) is 0 Å². The average molecular weight is 372 g/mol. The van der Waals surface area contributed by atoms with Crippen LogP contribution in [0.4, 0.5) is 0 Å². The van der Waals surface area contributed by atoms with Crippen LogP contribution in [0.2, 0.25) is 0 Å². The van der Waals surface area contributed by atoms with Crippen molar-refractivity contribution in [1.29, 1.82) is 0 Å². The van der Waals surface area contributed by atoms with E-state index in [2.05, 4.69) is 29.9 Å². The number of rotatable bonds is 20. The molecule has 0 aromatic rings. The lowest BCUT2D eigenvalue weighted by Crippen LogP contribution is -2.24. The number of hydrogen-bond acceptors (Lipinski definition) is 5. The van der Waals surface area contributed by atoms with Crippen LogP contribution in [0.1, 0.15) is 103 Å². The maximum atomic E-state index is 8.66. The molecule has 0 spiro atoms. The summed E-state index contributed by atoms with van der Waals surface area (Å²) >= 11 is 0. The van der Waals surface area contributed by atoms with Gasteiger partial charge in [0.15, 0.2) is 0 Å². The first-order chi connectivity index (χ1) is 12.7. The lowest BCUT2D eigenvalue weighted by atomic mass is 10.0. The Labute approximate surface area is 160 Å². The molecule has 2 N–H and O–H groups in total. The van der Waals surface area contributed by atoms with Crippen LogP contribution in [0, 0.1) is 0 Å². The number of hydrogen-bond donors (Lipinski definition) is 2. The van der Waals surface area contributed by atoms with E-state index in [0.717, 1.165) is 12.8 Å². The smallest absolute Gasteiger partial charge is 0.232 e. The van der Waals surface area contributed by atoms with Crippen LogP contribution in [-0.4, -0.2) is 22.0 Å². The minimum absolute atomic E-state index is 0.00517. The molecule has 0 atom stereocenters. The van der Waals surface area contributed by atoms with Crippen LogP contribution >= 0.6 is 0 Å². The van der Waals surface area contributed by atoms with Crippen molar-refractivity contribution in [2.75, 3.05) is 6.54 Å². The summed E-state index contributed by atoms with van der Waals surface area (Å²) in [4.78, 5) is 9.58. The molecule has 0 rings (SSSR count). The molecular weight excluding hydrogens is 330 g/mol.